The number of aromatic nitrogens is 2. The number of H-pyrrole nitrogens is 1. The summed E-state index contributed by atoms with van der Waals surface area (Å²) in [4.78, 5) is 14.4. The van der Waals surface area contributed by atoms with Gasteiger partial charge < -0.3 is 10.2 Å². The molecule has 2 N–H and O–H groups in total. The van der Waals surface area contributed by atoms with Crippen molar-refractivity contribution in [2.24, 2.45) is 0 Å². The van der Waals surface area contributed by atoms with E-state index in [2.05, 4.69) is 51.6 Å². The van der Waals surface area contributed by atoms with Crippen LogP contribution in [0.15, 0.2) is 30.5 Å². The quantitative estimate of drug-likeness (QED) is 0.860. The normalized spacial score (nSPS) is 12.4. The van der Waals surface area contributed by atoms with Gasteiger partial charge in [0.2, 0.25) is 0 Å². The summed E-state index contributed by atoms with van der Waals surface area (Å²) in [7, 11) is 4.04. The fraction of sp³-hybridized carbons (Fsp3) is 0.412. The Hall–Kier alpha value is -2.14. The van der Waals surface area contributed by atoms with Gasteiger partial charge in [0.05, 0.1) is 17.8 Å². The van der Waals surface area contributed by atoms with Gasteiger partial charge in [-0.1, -0.05) is 36.8 Å². The van der Waals surface area contributed by atoms with Crippen LogP contribution in [0.25, 0.3) is 0 Å². The molecule has 1 aromatic heterocycles. The molecule has 0 spiro atoms. The van der Waals surface area contributed by atoms with Crippen molar-refractivity contribution >= 4 is 5.91 Å². The van der Waals surface area contributed by atoms with E-state index in [9.17, 15) is 4.79 Å². The molecule has 1 amide bonds. The Kier molecular flexibility index (Phi) is 5.33. The summed E-state index contributed by atoms with van der Waals surface area (Å²) in [6.45, 7) is 4.63. The standard InChI is InChI=1S/C17H24N4O/c1-5-15-14(10-19-20-15)17(22)18-11-16(21(3)4)13-8-6-12(2)7-9-13/h6-10,16H,5,11H2,1-4H3,(H,18,22)(H,19,20)/t16-/m1/s1. The molecule has 5 heteroatoms. The van der Waals surface area contributed by atoms with Gasteiger partial charge in [-0.3, -0.25) is 9.89 Å². The lowest BCUT2D eigenvalue weighted by Gasteiger charge is -2.25. The molecule has 0 unspecified atom stereocenters. The van der Waals surface area contributed by atoms with Gasteiger partial charge in [0.1, 0.15) is 0 Å². The Morgan fingerprint density at radius 1 is 1.32 bits per heavy atom. The van der Waals surface area contributed by atoms with Gasteiger partial charge in [-0.25, -0.2) is 0 Å². The van der Waals surface area contributed by atoms with E-state index in [0.29, 0.717) is 12.1 Å². The lowest BCUT2D eigenvalue weighted by molar-refractivity contribution is 0.0941. The number of nitrogens with zero attached hydrogens (tertiary/aromatic N) is 2. The van der Waals surface area contributed by atoms with Crippen LogP contribution in [0.3, 0.4) is 0 Å². The van der Waals surface area contributed by atoms with Crippen molar-refractivity contribution in [2.75, 3.05) is 20.6 Å². The van der Waals surface area contributed by atoms with E-state index in [0.717, 1.165) is 12.1 Å². The zero-order chi connectivity index (χ0) is 16.1. The third-order valence-corrected chi connectivity index (χ3v) is 3.86. The molecule has 2 rings (SSSR count). The van der Waals surface area contributed by atoms with E-state index in [1.54, 1.807) is 6.20 Å². The molecule has 0 fully saturated rings. The summed E-state index contributed by atoms with van der Waals surface area (Å²) >= 11 is 0. The average molecular weight is 300 g/mol. The van der Waals surface area contributed by atoms with Crippen LogP contribution in [0.2, 0.25) is 0 Å². The molecular weight excluding hydrogens is 276 g/mol. The smallest absolute Gasteiger partial charge is 0.254 e. The first-order valence-corrected chi connectivity index (χ1v) is 7.56. The summed E-state index contributed by atoms with van der Waals surface area (Å²) in [5, 5.41) is 9.82. The zero-order valence-corrected chi connectivity index (χ0v) is 13.7. The number of carbonyl (C=O) groups excluding carboxylic acids is 1. The zero-order valence-electron chi connectivity index (χ0n) is 13.7. The number of hydrogen-bond acceptors (Lipinski definition) is 3. The van der Waals surface area contributed by atoms with Crippen LogP contribution in [0.5, 0.6) is 0 Å². The number of nitrogens with one attached hydrogen (secondary N) is 2. The lowest BCUT2D eigenvalue weighted by Crippen LogP contribution is -2.34. The van der Waals surface area contributed by atoms with Crippen LogP contribution < -0.4 is 5.32 Å². The number of aryl methyl sites for hydroxylation is 2. The molecule has 22 heavy (non-hydrogen) atoms. The second-order valence-corrected chi connectivity index (χ2v) is 5.72. The summed E-state index contributed by atoms with van der Waals surface area (Å²) in [6, 6.07) is 8.56. The molecule has 0 bridgehead atoms. The first-order valence-electron chi connectivity index (χ1n) is 7.56. The second-order valence-electron chi connectivity index (χ2n) is 5.72. The minimum Gasteiger partial charge on any atom is -0.350 e. The Bertz CT molecular complexity index is 616. The van der Waals surface area contributed by atoms with Crippen LogP contribution >= 0.6 is 0 Å². The van der Waals surface area contributed by atoms with Crippen LogP contribution in [-0.4, -0.2) is 41.6 Å². The largest absolute Gasteiger partial charge is 0.350 e. The molecule has 0 aliphatic rings. The van der Waals surface area contributed by atoms with Crippen LogP contribution in [-0.2, 0) is 6.42 Å². The molecular formula is C17H24N4O. The number of amides is 1. The van der Waals surface area contributed by atoms with E-state index in [-0.39, 0.29) is 11.9 Å². The van der Waals surface area contributed by atoms with Crippen molar-refractivity contribution < 1.29 is 4.79 Å². The lowest BCUT2D eigenvalue weighted by atomic mass is 10.0. The highest BCUT2D eigenvalue weighted by Crippen LogP contribution is 2.18. The van der Waals surface area contributed by atoms with Crippen molar-refractivity contribution in [3.05, 3.63) is 52.8 Å². The highest BCUT2D eigenvalue weighted by atomic mass is 16.1. The van der Waals surface area contributed by atoms with E-state index in [4.69, 9.17) is 0 Å². The minimum absolute atomic E-state index is 0.0791. The number of aromatic amines is 1. The predicted octanol–water partition coefficient (Wildman–Crippen LogP) is 2.31. The summed E-state index contributed by atoms with van der Waals surface area (Å²) in [5.74, 6) is -0.0791. The monoisotopic (exact) mass is 300 g/mol. The van der Waals surface area contributed by atoms with Crippen molar-refractivity contribution in [1.82, 2.24) is 20.4 Å². The van der Waals surface area contributed by atoms with E-state index < -0.39 is 0 Å². The number of likely N-dealkylation sites (N-methyl/N-ethyl adjacent to an activating group) is 1. The number of rotatable bonds is 6. The SMILES string of the molecule is CCc1[nH]ncc1C(=O)NC[C@H](c1ccc(C)cc1)N(C)C. The van der Waals surface area contributed by atoms with Gasteiger partial charge in [0, 0.05) is 12.2 Å². The maximum Gasteiger partial charge on any atom is 0.254 e. The fourth-order valence-electron chi connectivity index (χ4n) is 2.45. The Labute approximate surface area is 131 Å². The topological polar surface area (TPSA) is 61.0 Å². The number of carbonyl (C=O) groups is 1. The predicted molar refractivity (Wildman–Crippen MR) is 87.9 cm³/mol. The maximum absolute atomic E-state index is 12.3. The molecule has 0 saturated carbocycles. The van der Waals surface area contributed by atoms with Crippen LogP contribution in [0, 0.1) is 6.92 Å². The number of benzene rings is 1. The highest BCUT2D eigenvalue weighted by molar-refractivity contribution is 5.95. The fourth-order valence-corrected chi connectivity index (χ4v) is 2.45. The van der Waals surface area contributed by atoms with Gasteiger partial charge in [-0.15, -0.1) is 0 Å². The highest BCUT2D eigenvalue weighted by Gasteiger charge is 2.17. The molecule has 118 valence electrons. The molecule has 5 nitrogen and oxygen atoms in total. The molecule has 1 atom stereocenters. The molecule has 1 heterocycles. The number of hydrogen-bond donors (Lipinski definition) is 2. The second kappa shape index (κ2) is 7.22. The Balaban J connectivity index is 2.06. The first kappa shape index (κ1) is 16.2. The molecule has 0 saturated heterocycles. The summed E-state index contributed by atoms with van der Waals surface area (Å²) in [6.07, 6.45) is 2.35. The molecule has 0 radical (unpaired) electrons. The van der Waals surface area contributed by atoms with Crippen LogP contribution in [0.4, 0.5) is 0 Å². The molecule has 1 aromatic carbocycles. The van der Waals surface area contributed by atoms with Crippen molar-refractivity contribution in [3.63, 3.8) is 0 Å². The summed E-state index contributed by atoms with van der Waals surface area (Å²) in [5.41, 5.74) is 3.92. The van der Waals surface area contributed by atoms with E-state index in [1.165, 1.54) is 11.1 Å². The van der Waals surface area contributed by atoms with Gasteiger partial charge in [0.25, 0.3) is 5.91 Å². The summed E-state index contributed by atoms with van der Waals surface area (Å²) < 4.78 is 0. The first-order chi connectivity index (χ1) is 10.5. The van der Waals surface area contributed by atoms with Gasteiger partial charge in [0.15, 0.2) is 0 Å². The minimum atomic E-state index is -0.0791. The third-order valence-electron chi connectivity index (χ3n) is 3.86. The van der Waals surface area contributed by atoms with E-state index in [1.807, 2.05) is 21.0 Å². The van der Waals surface area contributed by atoms with Crippen LogP contribution in [0.1, 0.15) is 40.1 Å². The van der Waals surface area contributed by atoms with E-state index >= 15 is 0 Å². The maximum atomic E-state index is 12.3. The molecule has 2 aromatic rings. The van der Waals surface area contributed by atoms with Gasteiger partial charge in [-0.2, -0.15) is 5.10 Å². The van der Waals surface area contributed by atoms with Gasteiger partial charge in [-0.05, 0) is 33.0 Å². The molecule has 0 aliphatic heterocycles. The van der Waals surface area contributed by atoms with Crippen molar-refractivity contribution in [1.29, 1.82) is 0 Å². The third kappa shape index (κ3) is 3.74. The molecule has 0 aliphatic carbocycles. The van der Waals surface area contributed by atoms with Gasteiger partial charge >= 0.3 is 0 Å². The van der Waals surface area contributed by atoms with Crippen molar-refractivity contribution in [3.8, 4) is 0 Å². The Morgan fingerprint density at radius 2 is 2.00 bits per heavy atom. The Morgan fingerprint density at radius 3 is 2.59 bits per heavy atom. The average Bonchev–Trinajstić information content (AvgIpc) is 2.97. The van der Waals surface area contributed by atoms with Crippen molar-refractivity contribution in [2.45, 2.75) is 26.3 Å².